The molecule has 1 aliphatic rings. The number of amides is 2. The fourth-order valence-corrected chi connectivity index (χ4v) is 2.72. The molecule has 2 amide bonds. The molecule has 110 valence electrons. The highest BCUT2D eigenvalue weighted by Crippen LogP contribution is 2.33. The molecule has 0 spiro atoms. The molecule has 0 saturated carbocycles. The number of thioether (sulfide) groups is 1. The molecule has 1 aromatic rings. The van der Waals surface area contributed by atoms with E-state index in [9.17, 15) is 14.4 Å². The number of carbonyl (C=O) groups is 3. The Labute approximate surface area is 130 Å². The van der Waals surface area contributed by atoms with Crippen molar-refractivity contribution in [3.8, 4) is 0 Å². The normalized spacial score (nSPS) is 16.7. The van der Waals surface area contributed by atoms with Gasteiger partial charge in [-0.2, -0.15) is 0 Å². The summed E-state index contributed by atoms with van der Waals surface area (Å²) in [6, 6.07) is 6.98. The molecule has 5 nitrogen and oxygen atoms in total. The van der Waals surface area contributed by atoms with Gasteiger partial charge in [0, 0.05) is 5.02 Å². The molecule has 0 unspecified atom stereocenters. The lowest BCUT2D eigenvalue weighted by Gasteiger charge is -2.10. The van der Waals surface area contributed by atoms with Crippen LogP contribution < -0.4 is 0 Å². The van der Waals surface area contributed by atoms with Crippen LogP contribution in [0.3, 0.4) is 0 Å². The van der Waals surface area contributed by atoms with E-state index in [1.165, 1.54) is 0 Å². The Morgan fingerprint density at radius 3 is 2.76 bits per heavy atom. The molecule has 2 rings (SSSR count). The molecule has 0 aliphatic carbocycles. The Kier molecular flexibility index (Phi) is 5.03. The van der Waals surface area contributed by atoms with Gasteiger partial charge in [-0.25, -0.2) is 0 Å². The van der Waals surface area contributed by atoms with E-state index in [1.54, 1.807) is 37.3 Å². The Morgan fingerprint density at radius 1 is 1.38 bits per heavy atom. The van der Waals surface area contributed by atoms with E-state index in [0.29, 0.717) is 10.6 Å². The van der Waals surface area contributed by atoms with Gasteiger partial charge in [0.15, 0.2) is 0 Å². The van der Waals surface area contributed by atoms with E-state index in [-0.39, 0.29) is 18.1 Å². The Morgan fingerprint density at radius 2 is 2.10 bits per heavy atom. The second-order valence-electron chi connectivity index (χ2n) is 4.09. The summed E-state index contributed by atoms with van der Waals surface area (Å²) >= 11 is 6.79. The molecular weight excluding hydrogens is 314 g/mol. The predicted molar refractivity (Wildman–Crippen MR) is 80.8 cm³/mol. The third kappa shape index (κ3) is 3.65. The zero-order valence-electron chi connectivity index (χ0n) is 11.2. The van der Waals surface area contributed by atoms with E-state index in [0.717, 1.165) is 16.7 Å². The minimum atomic E-state index is -0.612. The average Bonchev–Trinajstić information content (AvgIpc) is 2.69. The molecule has 1 aliphatic heterocycles. The maximum Gasteiger partial charge on any atom is 0.326 e. The van der Waals surface area contributed by atoms with Crippen molar-refractivity contribution in [3.05, 3.63) is 39.8 Å². The second-order valence-corrected chi connectivity index (χ2v) is 5.49. The SMILES string of the molecule is CCOC(=O)CN1C(=O)S/C(=C/c2ccccc2Cl)C1=O. The van der Waals surface area contributed by atoms with Crippen LogP contribution in [-0.4, -0.2) is 35.2 Å². The summed E-state index contributed by atoms with van der Waals surface area (Å²) in [6.07, 6.45) is 1.54. The first-order chi connectivity index (χ1) is 10.0. The van der Waals surface area contributed by atoms with E-state index < -0.39 is 17.1 Å². The van der Waals surface area contributed by atoms with Gasteiger partial charge >= 0.3 is 5.97 Å². The number of halogens is 1. The zero-order valence-corrected chi connectivity index (χ0v) is 12.7. The first kappa shape index (κ1) is 15.6. The summed E-state index contributed by atoms with van der Waals surface area (Å²) in [5, 5.41) is -0.0129. The van der Waals surface area contributed by atoms with Crippen molar-refractivity contribution in [2.45, 2.75) is 6.92 Å². The van der Waals surface area contributed by atoms with Gasteiger partial charge in [0.25, 0.3) is 11.1 Å². The molecule has 0 bridgehead atoms. The van der Waals surface area contributed by atoms with Gasteiger partial charge in [-0.05, 0) is 36.4 Å². The third-order valence-electron chi connectivity index (χ3n) is 2.66. The standard InChI is InChI=1S/C14H12ClNO4S/c1-2-20-12(17)8-16-13(18)11(21-14(16)19)7-9-5-3-4-6-10(9)15/h3-7H,2,8H2,1H3/b11-7+. The minimum Gasteiger partial charge on any atom is -0.465 e. The summed E-state index contributed by atoms with van der Waals surface area (Å²) in [5.74, 6) is -1.13. The maximum absolute atomic E-state index is 12.1. The predicted octanol–water partition coefficient (Wildman–Crippen LogP) is 2.94. The topological polar surface area (TPSA) is 63.7 Å². The van der Waals surface area contributed by atoms with Crippen molar-refractivity contribution in [2.75, 3.05) is 13.2 Å². The molecule has 0 radical (unpaired) electrons. The van der Waals surface area contributed by atoms with Gasteiger partial charge in [0.2, 0.25) is 0 Å². The van der Waals surface area contributed by atoms with Crippen molar-refractivity contribution in [1.29, 1.82) is 0 Å². The van der Waals surface area contributed by atoms with Crippen LogP contribution in [0.5, 0.6) is 0 Å². The van der Waals surface area contributed by atoms with Crippen molar-refractivity contribution < 1.29 is 19.1 Å². The average molecular weight is 326 g/mol. The van der Waals surface area contributed by atoms with Crippen LogP contribution in [-0.2, 0) is 14.3 Å². The monoisotopic (exact) mass is 325 g/mol. The summed E-state index contributed by atoms with van der Waals surface area (Å²) in [4.78, 5) is 36.4. The number of carbonyl (C=O) groups excluding carboxylic acids is 3. The molecular formula is C14H12ClNO4S. The number of benzene rings is 1. The smallest absolute Gasteiger partial charge is 0.326 e. The van der Waals surface area contributed by atoms with Gasteiger partial charge in [0.1, 0.15) is 6.54 Å². The molecule has 1 aromatic carbocycles. The van der Waals surface area contributed by atoms with Gasteiger partial charge in [-0.15, -0.1) is 0 Å². The van der Waals surface area contributed by atoms with Crippen LogP contribution in [0.4, 0.5) is 4.79 Å². The van der Waals surface area contributed by atoms with E-state index >= 15 is 0 Å². The number of esters is 1. The van der Waals surface area contributed by atoms with Gasteiger partial charge in [-0.3, -0.25) is 19.3 Å². The van der Waals surface area contributed by atoms with Crippen molar-refractivity contribution in [3.63, 3.8) is 0 Å². The largest absolute Gasteiger partial charge is 0.465 e. The fourth-order valence-electron chi connectivity index (χ4n) is 1.71. The lowest BCUT2D eigenvalue weighted by Crippen LogP contribution is -2.34. The first-order valence-corrected chi connectivity index (χ1v) is 7.38. The van der Waals surface area contributed by atoms with E-state index in [1.807, 2.05) is 0 Å². The molecule has 1 heterocycles. The maximum atomic E-state index is 12.1. The molecule has 1 saturated heterocycles. The van der Waals surface area contributed by atoms with Crippen molar-refractivity contribution >= 4 is 46.6 Å². The highest BCUT2D eigenvalue weighted by molar-refractivity contribution is 8.18. The number of rotatable bonds is 4. The molecule has 21 heavy (non-hydrogen) atoms. The van der Waals surface area contributed by atoms with Crippen molar-refractivity contribution in [1.82, 2.24) is 4.90 Å². The van der Waals surface area contributed by atoms with Gasteiger partial charge in [-0.1, -0.05) is 29.8 Å². The summed E-state index contributed by atoms with van der Waals surface area (Å²) in [6.45, 7) is 1.48. The van der Waals surface area contributed by atoms with Crippen LogP contribution in [0.1, 0.15) is 12.5 Å². The number of ether oxygens (including phenoxy) is 1. The highest BCUT2D eigenvalue weighted by Gasteiger charge is 2.36. The van der Waals surface area contributed by atoms with Gasteiger partial charge < -0.3 is 4.74 Å². The molecule has 1 fully saturated rings. The summed E-state index contributed by atoms with van der Waals surface area (Å²) < 4.78 is 4.74. The second kappa shape index (κ2) is 6.78. The highest BCUT2D eigenvalue weighted by atomic mass is 35.5. The fraction of sp³-hybridized carbons (Fsp3) is 0.214. The first-order valence-electron chi connectivity index (χ1n) is 6.18. The minimum absolute atomic E-state index is 0.199. The molecule has 0 N–H and O–H groups in total. The number of nitrogens with zero attached hydrogens (tertiary/aromatic N) is 1. The van der Waals surface area contributed by atoms with Crippen molar-refractivity contribution in [2.24, 2.45) is 0 Å². The van der Waals surface area contributed by atoms with E-state index in [2.05, 4.69) is 0 Å². The Hall–Kier alpha value is -1.79. The quantitative estimate of drug-likeness (QED) is 0.629. The lowest BCUT2D eigenvalue weighted by molar-refractivity contribution is -0.145. The number of hydrogen-bond donors (Lipinski definition) is 0. The van der Waals surface area contributed by atoms with Crippen LogP contribution in [0.25, 0.3) is 6.08 Å². The third-order valence-corrected chi connectivity index (χ3v) is 3.91. The number of hydrogen-bond acceptors (Lipinski definition) is 5. The molecule has 0 atom stereocenters. The number of imide groups is 1. The van der Waals surface area contributed by atoms with Crippen LogP contribution in [0.2, 0.25) is 5.02 Å². The Bertz CT molecular complexity index is 629. The lowest BCUT2D eigenvalue weighted by atomic mass is 10.2. The molecule has 7 heteroatoms. The Balaban J connectivity index is 2.18. The summed E-state index contributed by atoms with van der Waals surface area (Å²) in [7, 11) is 0. The van der Waals surface area contributed by atoms with Crippen LogP contribution >= 0.6 is 23.4 Å². The van der Waals surface area contributed by atoms with E-state index in [4.69, 9.17) is 16.3 Å². The van der Waals surface area contributed by atoms with Gasteiger partial charge in [0.05, 0.1) is 11.5 Å². The zero-order chi connectivity index (χ0) is 15.4. The van der Waals surface area contributed by atoms with Crippen LogP contribution in [0, 0.1) is 0 Å². The van der Waals surface area contributed by atoms with Crippen LogP contribution in [0.15, 0.2) is 29.2 Å². The molecule has 0 aromatic heterocycles. The summed E-state index contributed by atoms with van der Waals surface area (Å²) in [5.41, 5.74) is 0.640.